The molecule has 36 heavy (non-hydrogen) atoms. The van der Waals surface area contributed by atoms with Crippen LogP contribution in [0.3, 0.4) is 0 Å². The molecule has 1 aromatic carbocycles. The summed E-state index contributed by atoms with van der Waals surface area (Å²) < 4.78 is 69.5. The Morgan fingerprint density at radius 1 is 0.778 bits per heavy atom. The van der Waals surface area contributed by atoms with Gasteiger partial charge in [-0.15, -0.1) is 0 Å². The van der Waals surface area contributed by atoms with Gasteiger partial charge >= 0.3 is 24.0 Å². The topological polar surface area (TPSA) is 55.4 Å². The van der Waals surface area contributed by atoms with Gasteiger partial charge in [-0.1, -0.05) is 114 Å². The molecular formula is C27H40F5NO3. The van der Waals surface area contributed by atoms with Gasteiger partial charge in [-0.2, -0.15) is 22.0 Å². The number of hydrogen-bond acceptors (Lipinski definition) is 3. The minimum atomic E-state index is -6.06. The molecule has 0 saturated carbocycles. The van der Waals surface area contributed by atoms with Crippen LogP contribution < -0.4 is 5.32 Å². The Kier molecular flexibility index (Phi) is 15.3. The van der Waals surface area contributed by atoms with Crippen LogP contribution in [0.4, 0.5) is 22.0 Å². The van der Waals surface area contributed by atoms with Crippen LogP contribution >= 0.6 is 0 Å². The van der Waals surface area contributed by atoms with Crippen molar-refractivity contribution in [2.45, 2.75) is 115 Å². The highest BCUT2D eigenvalue weighted by Crippen LogP contribution is 2.35. The molecule has 0 spiro atoms. The van der Waals surface area contributed by atoms with Gasteiger partial charge in [0.05, 0.1) is 6.61 Å². The lowest BCUT2D eigenvalue weighted by molar-refractivity contribution is -0.270. The molecule has 0 aliphatic heterocycles. The smallest absolute Gasteiger partial charge is 0.463 e. The second kappa shape index (κ2) is 17.3. The molecule has 0 bridgehead atoms. The van der Waals surface area contributed by atoms with Gasteiger partial charge in [0.1, 0.15) is 6.04 Å². The number of carbonyl (C=O) groups is 2. The van der Waals surface area contributed by atoms with Crippen LogP contribution in [0.15, 0.2) is 30.3 Å². The molecule has 0 fully saturated rings. The maximum Gasteiger partial charge on any atom is 0.463 e. The van der Waals surface area contributed by atoms with Crippen LogP contribution in [0.2, 0.25) is 0 Å². The molecule has 1 atom stereocenters. The molecule has 9 heteroatoms. The molecule has 1 aromatic rings. The van der Waals surface area contributed by atoms with E-state index in [4.69, 9.17) is 4.74 Å². The fourth-order valence-corrected chi connectivity index (χ4v) is 3.81. The SMILES string of the molecule is CCCCCCCCCCCCCCCOC(=O)C(Cc1ccccc1)NC(=O)C(F)(F)C(F)(F)F. The first kappa shape index (κ1) is 31.8. The number of rotatable bonds is 19. The van der Waals surface area contributed by atoms with Crippen molar-refractivity contribution in [2.24, 2.45) is 0 Å². The molecule has 1 N–H and O–H groups in total. The van der Waals surface area contributed by atoms with Crippen molar-refractivity contribution in [1.29, 1.82) is 0 Å². The van der Waals surface area contributed by atoms with Gasteiger partial charge in [-0.3, -0.25) is 4.79 Å². The Labute approximate surface area is 211 Å². The number of nitrogens with one attached hydrogen (secondary N) is 1. The second-order valence-electron chi connectivity index (χ2n) is 9.20. The molecule has 0 aromatic heterocycles. The van der Waals surface area contributed by atoms with Gasteiger partial charge in [0.2, 0.25) is 0 Å². The number of halogens is 5. The Morgan fingerprint density at radius 2 is 1.25 bits per heavy atom. The molecule has 0 aliphatic rings. The average Bonchev–Trinajstić information content (AvgIpc) is 2.83. The van der Waals surface area contributed by atoms with Gasteiger partial charge in [-0.05, 0) is 12.0 Å². The maximum atomic E-state index is 13.4. The molecule has 0 radical (unpaired) electrons. The number of alkyl halides is 5. The molecule has 1 rings (SSSR count). The first-order valence-electron chi connectivity index (χ1n) is 13.1. The maximum absolute atomic E-state index is 13.4. The second-order valence-corrected chi connectivity index (χ2v) is 9.20. The van der Waals surface area contributed by atoms with Crippen molar-refractivity contribution in [3.63, 3.8) is 0 Å². The summed E-state index contributed by atoms with van der Waals surface area (Å²) in [4.78, 5) is 24.0. The summed E-state index contributed by atoms with van der Waals surface area (Å²) in [6.45, 7) is 2.21. The fourth-order valence-electron chi connectivity index (χ4n) is 3.81. The largest absolute Gasteiger partial charge is 0.464 e. The molecular weight excluding hydrogens is 481 g/mol. The summed E-state index contributed by atoms with van der Waals surface area (Å²) in [7, 11) is 0. The predicted molar refractivity (Wildman–Crippen MR) is 130 cm³/mol. The van der Waals surface area contributed by atoms with E-state index < -0.39 is 30.0 Å². The van der Waals surface area contributed by atoms with E-state index in [2.05, 4.69) is 6.92 Å². The van der Waals surface area contributed by atoms with Crippen molar-refractivity contribution >= 4 is 11.9 Å². The van der Waals surface area contributed by atoms with Crippen LogP contribution in [-0.2, 0) is 20.7 Å². The molecule has 0 saturated heterocycles. The normalized spacial score (nSPS) is 12.8. The summed E-state index contributed by atoms with van der Waals surface area (Å²) in [6.07, 6.45) is 8.43. The van der Waals surface area contributed by atoms with Gasteiger partial charge < -0.3 is 10.1 Å². The summed E-state index contributed by atoms with van der Waals surface area (Å²) >= 11 is 0. The predicted octanol–water partition coefficient (Wildman–Crippen LogP) is 7.55. The van der Waals surface area contributed by atoms with Crippen molar-refractivity contribution in [1.82, 2.24) is 5.32 Å². The fraction of sp³-hybridized carbons (Fsp3) is 0.704. The standard InChI is InChI=1S/C27H40F5NO3/c1-2-3-4-5-6-7-8-9-10-11-12-13-17-20-36-24(34)23(21-22-18-15-14-16-19-22)33-25(35)26(28,29)27(30,31)32/h14-16,18-19,23H,2-13,17,20-21H2,1H3,(H,33,35). The Balaban J connectivity index is 2.35. The van der Waals surface area contributed by atoms with Crippen LogP contribution in [0.5, 0.6) is 0 Å². The van der Waals surface area contributed by atoms with Gasteiger partial charge in [0, 0.05) is 6.42 Å². The number of carbonyl (C=O) groups excluding carboxylic acids is 2. The zero-order chi connectivity index (χ0) is 26.9. The van der Waals surface area contributed by atoms with E-state index in [1.54, 1.807) is 30.3 Å². The van der Waals surface area contributed by atoms with Gasteiger partial charge in [0.15, 0.2) is 0 Å². The molecule has 1 unspecified atom stereocenters. The quantitative estimate of drug-likeness (QED) is 0.116. The lowest BCUT2D eigenvalue weighted by Gasteiger charge is -2.23. The Hall–Kier alpha value is -2.19. The Morgan fingerprint density at radius 3 is 1.72 bits per heavy atom. The first-order valence-corrected chi connectivity index (χ1v) is 13.1. The van der Waals surface area contributed by atoms with E-state index in [0.29, 0.717) is 12.0 Å². The Bertz CT molecular complexity index is 741. The summed E-state index contributed by atoms with van der Waals surface area (Å²) in [5, 5.41) is 1.53. The number of esters is 1. The highest BCUT2D eigenvalue weighted by atomic mass is 19.4. The van der Waals surface area contributed by atoms with Gasteiger partial charge in [-0.25, -0.2) is 4.79 Å². The van der Waals surface area contributed by atoms with Crippen molar-refractivity contribution in [2.75, 3.05) is 6.61 Å². The van der Waals surface area contributed by atoms with E-state index >= 15 is 0 Å². The highest BCUT2D eigenvalue weighted by Gasteiger charge is 2.63. The lowest BCUT2D eigenvalue weighted by atomic mass is 10.0. The molecule has 0 aliphatic carbocycles. The third-order valence-electron chi connectivity index (χ3n) is 6.01. The van der Waals surface area contributed by atoms with Crippen molar-refractivity contribution in [3.8, 4) is 0 Å². The van der Waals surface area contributed by atoms with Crippen LogP contribution in [0, 0.1) is 0 Å². The minimum absolute atomic E-state index is 0.00736. The first-order chi connectivity index (χ1) is 17.1. The van der Waals surface area contributed by atoms with E-state index in [9.17, 15) is 31.5 Å². The van der Waals surface area contributed by atoms with Crippen LogP contribution in [-0.4, -0.2) is 36.6 Å². The number of ether oxygens (including phenoxy) is 1. The van der Waals surface area contributed by atoms with Crippen LogP contribution in [0.25, 0.3) is 0 Å². The van der Waals surface area contributed by atoms with Crippen molar-refractivity contribution < 1.29 is 36.3 Å². The lowest BCUT2D eigenvalue weighted by Crippen LogP contribution is -2.55. The molecule has 206 valence electrons. The number of benzene rings is 1. The van der Waals surface area contributed by atoms with E-state index in [1.165, 1.54) is 56.7 Å². The zero-order valence-corrected chi connectivity index (χ0v) is 21.2. The van der Waals surface area contributed by atoms with E-state index in [0.717, 1.165) is 25.7 Å². The highest BCUT2D eigenvalue weighted by molar-refractivity contribution is 5.89. The third kappa shape index (κ3) is 12.7. The molecule has 4 nitrogen and oxygen atoms in total. The number of unbranched alkanes of at least 4 members (excludes halogenated alkanes) is 12. The number of amides is 1. The summed E-state index contributed by atoms with van der Waals surface area (Å²) in [6, 6.07) is 6.41. The van der Waals surface area contributed by atoms with Crippen molar-refractivity contribution in [3.05, 3.63) is 35.9 Å². The molecule has 0 heterocycles. The average molecular weight is 522 g/mol. The third-order valence-corrected chi connectivity index (χ3v) is 6.01. The monoisotopic (exact) mass is 521 g/mol. The summed E-state index contributed by atoms with van der Waals surface area (Å²) in [5.74, 6) is -9.23. The molecule has 1 amide bonds. The number of hydrogen-bond donors (Lipinski definition) is 1. The zero-order valence-electron chi connectivity index (χ0n) is 21.2. The van der Waals surface area contributed by atoms with E-state index in [-0.39, 0.29) is 13.0 Å². The van der Waals surface area contributed by atoms with E-state index in [1.807, 2.05) is 0 Å². The van der Waals surface area contributed by atoms with Crippen LogP contribution in [0.1, 0.15) is 96.0 Å². The summed E-state index contributed by atoms with van der Waals surface area (Å²) in [5.41, 5.74) is 0.482. The minimum Gasteiger partial charge on any atom is -0.464 e. The van der Waals surface area contributed by atoms with Gasteiger partial charge in [0.25, 0.3) is 0 Å².